The molecule has 0 aliphatic heterocycles. The first-order valence-corrected chi connectivity index (χ1v) is 11.9. The second kappa shape index (κ2) is 10.9. The van der Waals surface area contributed by atoms with Gasteiger partial charge in [0.1, 0.15) is 5.75 Å². The van der Waals surface area contributed by atoms with Crippen LogP contribution in [0.4, 0.5) is 11.4 Å². The van der Waals surface area contributed by atoms with E-state index in [1.54, 1.807) is 43.5 Å². The van der Waals surface area contributed by atoms with Crippen molar-refractivity contribution in [2.45, 2.75) is 12.1 Å². The van der Waals surface area contributed by atoms with Crippen molar-refractivity contribution in [2.24, 2.45) is 7.05 Å². The van der Waals surface area contributed by atoms with Crippen molar-refractivity contribution in [1.29, 1.82) is 0 Å². The highest BCUT2D eigenvalue weighted by Crippen LogP contribution is 2.25. The maximum atomic E-state index is 12.6. The quantitative estimate of drug-likeness (QED) is 0.347. The average Bonchev–Trinajstić information content (AvgIpc) is 3.24. The Hall–Kier alpha value is -4.11. The molecule has 0 atom stereocenters. The molecule has 4 aromatic rings. The van der Waals surface area contributed by atoms with Gasteiger partial charge in [-0.15, -0.1) is 10.2 Å². The van der Waals surface area contributed by atoms with E-state index in [0.29, 0.717) is 27.9 Å². The fourth-order valence-electron chi connectivity index (χ4n) is 3.34. The van der Waals surface area contributed by atoms with Gasteiger partial charge in [-0.25, -0.2) is 0 Å². The molecule has 2 amide bonds. The minimum atomic E-state index is -0.181. The van der Waals surface area contributed by atoms with Gasteiger partial charge < -0.3 is 19.9 Å². The second-order valence-corrected chi connectivity index (χ2v) is 8.77. The summed E-state index contributed by atoms with van der Waals surface area (Å²) in [6, 6.07) is 22.0. The zero-order valence-corrected chi connectivity index (χ0v) is 20.4. The van der Waals surface area contributed by atoms with Crippen LogP contribution in [0.15, 0.2) is 78.0 Å². The van der Waals surface area contributed by atoms with Crippen molar-refractivity contribution in [3.63, 3.8) is 0 Å². The number of anilines is 2. The van der Waals surface area contributed by atoms with E-state index in [4.69, 9.17) is 4.74 Å². The molecule has 0 aliphatic carbocycles. The third-order valence-corrected chi connectivity index (χ3v) is 6.25. The number of methoxy groups -OCH3 is 1. The van der Waals surface area contributed by atoms with Crippen LogP contribution in [-0.2, 0) is 11.8 Å². The maximum Gasteiger partial charge on any atom is 0.255 e. The average molecular weight is 488 g/mol. The van der Waals surface area contributed by atoms with Crippen molar-refractivity contribution in [3.8, 4) is 17.1 Å². The normalized spacial score (nSPS) is 10.6. The molecule has 0 radical (unpaired) electrons. The lowest BCUT2D eigenvalue weighted by Crippen LogP contribution is -2.14. The molecular weight excluding hydrogens is 462 g/mol. The zero-order chi connectivity index (χ0) is 24.8. The molecule has 35 heavy (non-hydrogen) atoms. The molecule has 2 N–H and O–H groups in total. The summed E-state index contributed by atoms with van der Waals surface area (Å²) in [5.41, 5.74) is 3.84. The summed E-state index contributed by atoms with van der Waals surface area (Å²) >= 11 is 1.29. The number of rotatable bonds is 8. The molecule has 1 heterocycles. The van der Waals surface area contributed by atoms with Crippen molar-refractivity contribution < 1.29 is 14.3 Å². The Balaban J connectivity index is 1.39. The highest BCUT2D eigenvalue weighted by molar-refractivity contribution is 7.99. The van der Waals surface area contributed by atoms with E-state index >= 15 is 0 Å². The lowest BCUT2D eigenvalue weighted by Gasteiger charge is -2.08. The van der Waals surface area contributed by atoms with Gasteiger partial charge in [0, 0.05) is 29.5 Å². The molecule has 3 aromatic carbocycles. The van der Waals surface area contributed by atoms with E-state index < -0.39 is 0 Å². The van der Waals surface area contributed by atoms with Gasteiger partial charge in [-0.3, -0.25) is 9.59 Å². The number of benzene rings is 3. The van der Waals surface area contributed by atoms with Crippen LogP contribution < -0.4 is 15.4 Å². The summed E-state index contributed by atoms with van der Waals surface area (Å²) in [5.74, 6) is 1.21. The summed E-state index contributed by atoms with van der Waals surface area (Å²) in [5, 5.41) is 14.9. The van der Waals surface area contributed by atoms with Gasteiger partial charge in [-0.05, 0) is 55.5 Å². The molecule has 0 unspecified atom stereocenters. The SMILES string of the molecule is COc1ccc(NC(=O)CSc2nnc(-c3cccc(NC(=O)c4ccc(C)cc4)c3)n2C)cc1. The number of amides is 2. The number of thioether (sulfide) groups is 1. The number of nitrogens with zero attached hydrogens (tertiary/aromatic N) is 3. The Morgan fingerprint density at radius 1 is 0.943 bits per heavy atom. The second-order valence-electron chi connectivity index (χ2n) is 7.83. The number of carbonyl (C=O) groups excluding carboxylic acids is 2. The molecular formula is C26H25N5O3S. The molecule has 4 rings (SSSR count). The van der Waals surface area contributed by atoms with E-state index in [1.807, 2.05) is 54.9 Å². The van der Waals surface area contributed by atoms with Crippen LogP contribution in [0.3, 0.4) is 0 Å². The van der Waals surface area contributed by atoms with Crippen LogP contribution in [-0.4, -0.2) is 39.4 Å². The van der Waals surface area contributed by atoms with Gasteiger partial charge in [0.05, 0.1) is 12.9 Å². The molecule has 1 aromatic heterocycles. The summed E-state index contributed by atoms with van der Waals surface area (Å²) in [4.78, 5) is 24.9. The van der Waals surface area contributed by atoms with Gasteiger partial charge in [-0.1, -0.05) is 41.6 Å². The maximum absolute atomic E-state index is 12.6. The zero-order valence-electron chi connectivity index (χ0n) is 19.6. The van der Waals surface area contributed by atoms with E-state index in [0.717, 1.165) is 16.9 Å². The highest BCUT2D eigenvalue weighted by atomic mass is 32.2. The smallest absolute Gasteiger partial charge is 0.255 e. The van der Waals surface area contributed by atoms with E-state index in [2.05, 4.69) is 20.8 Å². The van der Waals surface area contributed by atoms with Crippen molar-refractivity contribution >= 4 is 35.0 Å². The number of aromatic nitrogens is 3. The van der Waals surface area contributed by atoms with Crippen LogP contribution >= 0.6 is 11.8 Å². The van der Waals surface area contributed by atoms with Crippen molar-refractivity contribution in [3.05, 3.63) is 83.9 Å². The summed E-state index contributed by atoms with van der Waals surface area (Å²) in [6.45, 7) is 1.98. The number of nitrogens with one attached hydrogen (secondary N) is 2. The lowest BCUT2D eigenvalue weighted by atomic mass is 10.1. The number of hydrogen-bond acceptors (Lipinski definition) is 6. The Morgan fingerprint density at radius 2 is 1.69 bits per heavy atom. The standard InChI is InChI=1S/C26H25N5O3S/c1-17-7-9-18(10-8-17)25(33)28-21-6-4-5-19(15-21)24-29-30-26(31(24)2)35-16-23(32)27-20-11-13-22(34-3)14-12-20/h4-15H,16H2,1-3H3,(H,27,32)(H,28,33). The van der Waals surface area contributed by atoms with Crippen LogP contribution in [0.25, 0.3) is 11.4 Å². The molecule has 0 bridgehead atoms. The van der Waals surface area contributed by atoms with Crippen molar-refractivity contribution in [2.75, 3.05) is 23.5 Å². The van der Waals surface area contributed by atoms with Gasteiger partial charge >= 0.3 is 0 Å². The molecule has 0 saturated carbocycles. The Labute approximate surface area is 207 Å². The van der Waals surface area contributed by atoms with Crippen LogP contribution in [0, 0.1) is 6.92 Å². The molecule has 8 nitrogen and oxygen atoms in total. The fourth-order valence-corrected chi connectivity index (χ4v) is 4.05. The summed E-state index contributed by atoms with van der Waals surface area (Å²) in [6.07, 6.45) is 0. The predicted molar refractivity (Wildman–Crippen MR) is 138 cm³/mol. The predicted octanol–water partition coefficient (Wildman–Crippen LogP) is 4.78. The Morgan fingerprint density at radius 3 is 2.40 bits per heavy atom. The Bertz CT molecular complexity index is 1330. The third-order valence-electron chi connectivity index (χ3n) is 5.23. The minimum Gasteiger partial charge on any atom is -0.497 e. The first-order chi connectivity index (χ1) is 16.9. The molecule has 9 heteroatoms. The highest BCUT2D eigenvalue weighted by Gasteiger charge is 2.14. The minimum absolute atomic E-state index is 0.148. The van der Waals surface area contributed by atoms with E-state index in [9.17, 15) is 9.59 Å². The topological polar surface area (TPSA) is 98.1 Å². The molecule has 178 valence electrons. The molecule has 0 saturated heterocycles. The van der Waals surface area contributed by atoms with E-state index in [-0.39, 0.29) is 17.6 Å². The van der Waals surface area contributed by atoms with Gasteiger partial charge in [0.25, 0.3) is 5.91 Å². The largest absolute Gasteiger partial charge is 0.497 e. The Kier molecular flexibility index (Phi) is 7.47. The van der Waals surface area contributed by atoms with Crippen LogP contribution in [0.5, 0.6) is 5.75 Å². The van der Waals surface area contributed by atoms with Crippen LogP contribution in [0.2, 0.25) is 0 Å². The van der Waals surface area contributed by atoms with Gasteiger partial charge in [0.2, 0.25) is 5.91 Å². The number of ether oxygens (including phenoxy) is 1. The lowest BCUT2D eigenvalue weighted by molar-refractivity contribution is -0.113. The number of carbonyl (C=O) groups is 2. The van der Waals surface area contributed by atoms with E-state index in [1.165, 1.54) is 11.8 Å². The van der Waals surface area contributed by atoms with Gasteiger partial charge in [0.15, 0.2) is 11.0 Å². The van der Waals surface area contributed by atoms with Crippen LogP contribution in [0.1, 0.15) is 15.9 Å². The van der Waals surface area contributed by atoms with Gasteiger partial charge in [-0.2, -0.15) is 0 Å². The summed E-state index contributed by atoms with van der Waals surface area (Å²) < 4.78 is 6.95. The first-order valence-electron chi connectivity index (χ1n) is 10.9. The monoisotopic (exact) mass is 487 g/mol. The molecule has 0 aliphatic rings. The molecule has 0 spiro atoms. The fraction of sp³-hybridized carbons (Fsp3) is 0.154. The first kappa shape index (κ1) is 24.0. The number of aryl methyl sites for hydroxylation is 1. The molecule has 0 fully saturated rings. The summed E-state index contributed by atoms with van der Waals surface area (Å²) in [7, 11) is 3.44. The number of hydrogen-bond donors (Lipinski definition) is 2. The third kappa shape index (κ3) is 6.07. The van der Waals surface area contributed by atoms with Crippen molar-refractivity contribution in [1.82, 2.24) is 14.8 Å².